The van der Waals surface area contributed by atoms with E-state index in [0.29, 0.717) is 6.04 Å². The molecule has 2 rings (SSSR count). The molecule has 0 radical (unpaired) electrons. The van der Waals surface area contributed by atoms with E-state index in [-0.39, 0.29) is 0 Å². The SMILES string of the molecule is CCc1nc2c(c(NC(C)C)n1)OCCC2. The third kappa shape index (κ3) is 2.26. The highest BCUT2D eigenvalue weighted by atomic mass is 16.5. The van der Waals surface area contributed by atoms with Gasteiger partial charge in [-0.3, -0.25) is 0 Å². The number of nitrogens with one attached hydrogen (secondary N) is 1. The van der Waals surface area contributed by atoms with Gasteiger partial charge in [-0.15, -0.1) is 0 Å². The van der Waals surface area contributed by atoms with E-state index < -0.39 is 0 Å². The van der Waals surface area contributed by atoms with Crippen molar-refractivity contribution >= 4 is 5.82 Å². The van der Waals surface area contributed by atoms with Gasteiger partial charge in [0.05, 0.1) is 12.3 Å². The first-order valence-corrected chi connectivity index (χ1v) is 5.99. The van der Waals surface area contributed by atoms with Crippen LogP contribution in [0.5, 0.6) is 5.75 Å². The van der Waals surface area contributed by atoms with E-state index in [4.69, 9.17) is 4.74 Å². The molecule has 1 N–H and O–H groups in total. The van der Waals surface area contributed by atoms with Crippen LogP contribution >= 0.6 is 0 Å². The van der Waals surface area contributed by atoms with Crippen molar-refractivity contribution in [3.05, 3.63) is 11.5 Å². The van der Waals surface area contributed by atoms with Crippen molar-refractivity contribution in [2.24, 2.45) is 0 Å². The lowest BCUT2D eigenvalue weighted by molar-refractivity contribution is 0.284. The highest BCUT2D eigenvalue weighted by molar-refractivity contribution is 5.54. The van der Waals surface area contributed by atoms with E-state index in [0.717, 1.165) is 49.0 Å². The molecule has 4 heteroatoms. The summed E-state index contributed by atoms with van der Waals surface area (Å²) in [5.41, 5.74) is 1.06. The van der Waals surface area contributed by atoms with Crippen molar-refractivity contribution in [2.45, 2.75) is 46.1 Å². The maximum atomic E-state index is 5.67. The third-order valence-electron chi connectivity index (χ3n) is 2.53. The summed E-state index contributed by atoms with van der Waals surface area (Å²) in [6, 6.07) is 0.356. The summed E-state index contributed by atoms with van der Waals surface area (Å²) in [5.74, 6) is 2.61. The second kappa shape index (κ2) is 4.68. The van der Waals surface area contributed by atoms with Gasteiger partial charge in [0.1, 0.15) is 5.82 Å². The summed E-state index contributed by atoms with van der Waals surface area (Å²) in [6.45, 7) is 7.05. The Balaban J connectivity index is 2.39. The molecular formula is C12H19N3O. The minimum Gasteiger partial charge on any atom is -0.488 e. The first-order valence-electron chi connectivity index (χ1n) is 5.99. The van der Waals surface area contributed by atoms with Crippen molar-refractivity contribution < 1.29 is 4.74 Å². The summed E-state index contributed by atoms with van der Waals surface area (Å²) in [5, 5.41) is 3.33. The molecule has 1 aliphatic heterocycles. The van der Waals surface area contributed by atoms with Crippen LogP contribution < -0.4 is 10.1 Å². The standard InChI is InChI=1S/C12H19N3O/c1-4-10-14-9-6-5-7-16-11(9)12(15-10)13-8(2)3/h8H,4-7H2,1-3H3,(H,13,14,15). The molecule has 0 aliphatic carbocycles. The van der Waals surface area contributed by atoms with Crippen LogP contribution in [-0.4, -0.2) is 22.6 Å². The van der Waals surface area contributed by atoms with Gasteiger partial charge in [0.2, 0.25) is 0 Å². The van der Waals surface area contributed by atoms with Crippen LogP contribution in [0.2, 0.25) is 0 Å². The highest BCUT2D eigenvalue weighted by Crippen LogP contribution is 2.30. The van der Waals surface area contributed by atoms with Crippen molar-refractivity contribution in [3.63, 3.8) is 0 Å². The second-order valence-corrected chi connectivity index (χ2v) is 4.37. The molecule has 0 unspecified atom stereocenters. The Morgan fingerprint density at radius 3 is 2.88 bits per heavy atom. The maximum absolute atomic E-state index is 5.67. The van der Waals surface area contributed by atoms with Gasteiger partial charge >= 0.3 is 0 Å². The number of rotatable bonds is 3. The zero-order valence-corrected chi connectivity index (χ0v) is 10.2. The largest absolute Gasteiger partial charge is 0.488 e. The number of ether oxygens (including phenoxy) is 1. The molecule has 4 nitrogen and oxygen atoms in total. The van der Waals surface area contributed by atoms with Gasteiger partial charge < -0.3 is 10.1 Å². The number of aromatic nitrogens is 2. The molecule has 0 atom stereocenters. The summed E-state index contributed by atoms with van der Waals surface area (Å²) >= 11 is 0. The van der Waals surface area contributed by atoms with Gasteiger partial charge in [0.25, 0.3) is 0 Å². The lowest BCUT2D eigenvalue weighted by atomic mass is 10.1. The summed E-state index contributed by atoms with van der Waals surface area (Å²) in [6.07, 6.45) is 2.91. The number of fused-ring (bicyclic) bond motifs is 1. The fraction of sp³-hybridized carbons (Fsp3) is 0.667. The molecule has 2 heterocycles. The monoisotopic (exact) mass is 221 g/mol. The summed E-state index contributed by atoms with van der Waals surface area (Å²) in [4.78, 5) is 9.02. The van der Waals surface area contributed by atoms with Gasteiger partial charge in [-0.1, -0.05) is 6.92 Å². The number of hydrogen-bond acceptors (Lipinski definition) is 4. The molecule has 0 aromatic carbocycles. The highest BCUT2D eigenvalue weighted by Gasteiger charge is 2.19. The van der Waals surface area contributed by atoms with Crippen molar-refractivity contribution in [1.82, 2.24) is 9.97 Å². The van der Waals surface area contributed by atoms with Crippen LogP contribution in [0.3, 0.4) is 0 Å². The third-order valence-corrected chi connectivity index (χ3v) is 2.53. The Labute approximate surface area is 96.4 Å². The number of anilines is 1. The first-order chi connectivity index (χ1) is 7.70. The molecule has 88 valence electrons. The minimum absolute atomic E-state index is 0.356. The van der Waals surface area contributed by atoms with Gasteiger partial charge in [-0.05, 0) is 26.7 Å². The first kappa shape index (κ1) is 11.2. The van der Waals surface area contributed by atoms with Crippen LogP contribution in [0.25, 0.3) is 0 Å². The molecule has 16 heavy (non-hydrogen) atoms. The normalized spacial score (nSPS) is 14.5. The van der Waals surface area contributed by atoms with Gasteiger partial charge in [0, 0.05) is 12.5 Å². The van der Waals surface area contributed by atoms with Crippen LogP contribution in [0, 0.1) is 0 Å². The summed E-state index contributed by atoms with van der Waals surface area (Å²) < 4.78 is 5.67. The van der Waals surface area contributed by atoms with E-state index in [1.807, 2.05) is 0 Å². The van der Waals surface area contributed by atoms with Crippen molar-refractivity contribution in [3.8, 4) is 5.75 Å². The summed E-state index contributed by atoms with van der Waals surface area (Å²) in [7, 11) is 0. The molecule has 1 aromatic heterocycles. The molecule has 0 saturated heterocycles. The zero-order chi connectivity index (χ0) is 11.5. The number of hydrogen-bond donors (Lipinski definition) is 1. The second-order valence-electron chi connectivity index (χ2n) is 4.37. The molecule has 0 bridgehead atoms. The lowest BCUT2D eigenvalue weighted by Crippen LogP contribution is -2.18. The number of nitrogens with zero attached hydrogens (tertiary/aromatic N) is 2. The van der Waals surface area contributed by atoms with Gasteiger partial charge in [-0.2, -0.15) is 0 Å². The molecular weight excluding hydrogens is 202 g/mol. The molecule has 1 aliphatic rings. The Morgan fingerprint density at radius 1 is 1.38 bits per heavy atom. The van der Waals surface area contributed by atoms with Gasteiger partial charge in [-0.25, -0.2) is 9.97 Å². The van der Waals surface area contributed by atoms with E-state index in [1.54, 1.807) is 0 Å². The Morgan fingerprint density at radius 2 is 2.19 bits per heavy atom. The number of aryl methyl sites for hydroxylation is 2. The van der Waals surface area contributed by atoms with E-state index >= 15 is 0 Å². The van der Waals surface area contributed by atoms with Crippen molar-refractivity contribution in [2.75, 3.05) is 11.9 Å². The molecule has 1 aromatic rings. The van der Waals surface area contributed by atoms with E-state index in [9.17, 15) is 0 Å². The molecule has 0 amide bonds. The Kier molecular flexibility index (Phi) is 3.27. The lowest BCUT2D eigenvalue weighted by Gasteiger charge is -2.21. The zero-order valence-electron chi connectivity index (χ0n) is 10.2. The average Bonchev–Trinajstić information content (AvgIpc) is 2.28. The molecule has 0 spiro atoms. The van der Waals surface area contributed by atoms with Crippen LogP contribution in [0.1, 0.15) is 38.7 Å². The van der Waals surface area contributed by atoms with Crippen molar-refractivity contribution in [1.29, 1.82) is 0 Å². The quantitative estimate of drug-likeness (QED) is 0.850. The molecule has 0 fully saturated rings. The maximum Gasteiger partial charge on any atom is 0.183 e. The topological polar surface area (TPSA) is 47.0 Å². The minimum atomic E-state index is 0.356. The van der Waals surface area contributed by atoms with Crippen LogP contribution in [0.4, 0.5) is 5.82 Å². The average molecular weight is 221 g/mol. The van der Waals surface area contributed by atoms with Crippen LogP contribution in [-0.2, 0) is 12.8 Å². The van der Waals surface area contributed by atoms with Gasteiger partial charge in [0.15, 0.2) is 11.6 Å². The Hall–Kier alpha value is -1.32. The Bertz CT molecular complexity index is 377. The fourth-order valence-corrected chi connectivity index (χ4v) is 1.81. The fourth-order valence-electron chi connectivity index (χ4n) is 1.81. The predicted molar refractivity (Wildman–Crippen MR) is 64.0 cm³/mol. The molecule has 0 saturated carbocycles. The predicted octanol–water partition coefficient (Wildman–Crippen LogP) is 2.18. The van der Waals surface area contributed by atoms with Crippen LogP contribution in [0.15, 0.2) is 0 Å². The van der Waals surface area contributed by atoms with E-state index in [2.05, 4.69) is 36.1 Å². The van der Waals surface area contributed by atoms with E-state index in [1.165, 1.54) is 0 Å². The smallest absolute Gasteiger partial charge is 0.183 e.